The van der Waals surface area contributed by atoms with Crippen molar-refractivity contribution in [3.63, 3.8) is 0 Å². The summed E-state index contributed by atoms with van der Waals surface area (Å²) < 4.78 is 35.5. The van der Waals surface area contributed by atoms with Crippen molar-refractivity contribution in [2.45, 2.75) is 107 Å². The first-order valence-corrected chi connectivity index (χ1v) is 20.0. The molecule has 1 saturated carbocycles. The third kappa shape index (κ3) is 11.3. The molecule has 0 spiro atoms. The molecule has 1 aliphatic rings. The zero-order chi connectivity index (χ0) is 39.6. The van der Waals surface area contributed by atoms with E-state index in [4.69, 9.17) is 21.4 Å². The number of nitrogens with zero attached hydrogens (tertiary/aromatic N) is 2. The Balaban J connectivity index is 1.38. The molecule has 0 radical (unpaired) electrons. The Morgan fingerprint density at radius 3 is 2.41 bits per heavy atom. The Labute approximate surface area is 322 Å². The largest absolute Gasteiger partial charge is 0.490 e. The molecular weight excluding hydrogens is 738 g/mol. The topological polar surface area (TPSA) is 214 Å². The molecule has 4 atom stereocenters. The highest BCUT2D eigenvalue weighted by Gasteiger charge is 2.33. The minimum atomic E-state index is -3.94. The van der Waals surface area contributed by atoms with Gasteiger partial charge in [-0.1, -0.05) is 29.8 Å². The van der Waals surface area contributed by atoms with Crippen LogP contribution in [0, 0.1) is 0 Å². The Morgan fingerprint density at radius 1 is 1.02 bits per heavy atom. The van der Waals surface area contributed by atoms with Crippen molar-refractivity contribution in [3.8, 4) is 16.9 Å². The van der Waals surface area contributed by atoms with Gasteiger partial charge in [0.1, 0.15) is 24.1 Å². The number of unbranched alkanes of at least 4 members (excludes halogenated alkanes) is 1. The summed E-state index contributed by atoms with van der Waals surface area (Å²) in [7, 11) is -3.94. The molecule has 298 valence electrons. The molecule has 54 heavy (non-hydrogen) atoms. The van der Waals surface area contributed by atoms with E-state index in [9.17, 15) is 33.6 Å². The summed E-state index contributed by atoms with van der Waals surface area (Å²) in [6, 6.07) is 12.2. The van der Waals surface area contributed by atoms with Crippen LogP contribution in [0.1, 0.15) is 64.5 Å². The van der Waals surface area contributed by atoms with Crippen LogP contribution in [-0.4, -0.2) is 112 Å². The number of ether oxygens (including phenoxy) is 1. The number of aliphatic hydroxyl groups excluding tert-OH is 5. The Hall–Kier alpha value is -3.38. The van der Waals surface area contributed by atoms with E-state index in [1.807, 2.05) is 50.4 Å². The third-order valence-electron chi connectivity index (χ3n) is 9.36. The molecule has 8 N–H and O–H groups in total. The number of halogens is 1. The first kappa shape index (κ1) is 43.3. The molecule has 16 heteroatoms. The van der Waals surface area contributed by atoms with E-state index in [2.05, 4.69) is 20.9 Å². The lowest BCUT2D eigenvalue weighted by molar-refractivity contribution is -0.0902. The van der Waals surface area contributed by atoms with Gasteiger partial charge in [0.25, 0.3) is 0 Å². The molecule has 1 aliphatic carbocycles. The number of aromatic nitrogens is 1. The normalized spacial score (nSPS) is 15.9. The molecule has 2 aromatic carbocycles. The highest BCUT2D eigenvalue weighted by Crippen LogP contribution is 2.39. The van der Waals surface area contributed by atoms with Gasteiger partial charge >= 0.3 is 6.03 Å². The van der Waals surface area contributed by atoms with Gasteiger partial charge in [0.2, 0.25) is 10.0 Å². The monoisotopic (exact) mass is 791 g/mol. The van der Waals surface area contributed by atoms with Gasteiger partial charge in [0.15, 0.2) is 0 Å². The lowest BCUT2D eigenvalue weighted by Crippen LogP contribution is -2.56. The summed E-state index contributed by atoms with van der Waals surface area (Å²) >= 11 is 6.63. The zero-order valence-electron chi connectivity index (χ0n) is 31.2. The summed E-state index contributed by atoms with van der Waals surface area (Å²) in [5.74, 6) is 0.822. The molecule has 1 aromatic heterocycles. The van der Waals surface area contributed by atoms with Crippen LogP contribution >= 0.6 is 11.6 Å². The fourth-order valence-corrected chi connectivity index (χ4v) is 7.87. The van der Waals surface area contributed by atoms with Crippen LogP contribution < -0.4 is 20.7 Å². The molecule has 0 bridgehead atoms. The molecule has 2 amide bonds. The van der Waals surface area contributed by atoms with Crippen molar-refractivity contribution in [2.75, 3.05) is 26.3 Å². The number of carbonyl (C=O) groups is 1. The lowest BCUT2D eigenvalue weighted by atomic mass is 9.88. The summed E-state index contributed by atoms with van der Waals surface area (Å²) in [4.78, 5) is 16.9. The number of carbonyl (C=O) groups excluding carboxylic acids is 1. The quantitative estimate of drug-likeness (QED) is 0.0735. The second-order valence-electron chi connectivity index (χ2n) is 14.3. The maximum atomic E-state index is 14.0. The van der Waals surface area contributed by atoms with Crippen LogP contribution in [-0.2, 0) is 22.1 Å². The third-order valence-corrected chi connectivity index (χ3v) is 11.8. The second kappa shape index (κ2) is 19.5. The van der Waals surface area contributed by atoms with Crippen LogP contribution in [0.5, 0.6) is 5.75 Å². The number of para-hydroxylation sites is 1. The van der Waals surface area contributed by atoms with E-state index in [0.29, 0.717) is 23.4 Å². The number of benzene rings is 2. The number of amides is 2. The average Bonchev–Trinajstić information content (AvgIpc) is 3.98. The van der Waals surface area contributed by atoms with Gasteiger partial charge in [-0.2, -0.15) is 4.31 Å². The van der Waals surface area contributed by atoms with Crippen molar-refractivity contribution < 1.29 is 43.5 Å². The number of urea groups is 1. The standard InChI is InChI=1S/C38H54ClN5O9S/c1-24(2)44(18-8-7-16-41-37(50)43-32(22-45)35(48)36(49)33(47)23-46)54(51,52)27-13-14-31(39)25(19-27)20-42-38(3,4)30-21-40-17-15-28(30)29-9-5-6-10-34(29)53-26-11-12-26/h5-6,9-10,13-15,17,19,21,24,26,32-33,35-36,42,45-49H,7-8,11-12,16,18,20,22-23H2,1-4H3,(H2,41,43,50)/t32-,33+,35+,36+/m0/s1. The van der Waals surface area contributed by atoms with Crippen LogP contribution in [0.4, 0.5) is 4.79 Å². The fraction of sp³-hybridized carbons (Fsp3) is 0.526. The number of pyridine rings is 1. The summed E-state index contributed by atoms with van der Waals surface area (Å²) in [5.41, 5.74) is 2.90. The SMILES string of the molecule is CC(C)N(CCCCNC(=O)N[C@@H](CO)[C@@H](O)[C@H](O)[C@H](O)CO)S(=O)(=O)c1ccc(Cl)c(CNC(C)(C)c2cnccc2-c2ccccc2OC2CC2)c1. The Kier molecular flexibility index (Phi) is 15.6. The predicted octanol–water partition coefficient (Wildman–Crippen LogP) is 2.88. The van der Waals surface area contributed by atoms with Crippen LogP contribution in [0.3, 0.4) is 0 Å². The Bertz CT molecular complexity index is 1790. The maximum Gasteiger partial charge on any atom is 0.315 e. The van der Waals surface area contributed by atoms with Gasteiger partial charge in [0.05, 0.1) is 30.3 Å². The van der Waals surface area contributed by atoms with Crippen molar-refractivity contribution >= 4 is 27.7 Å². The van der Waals surface area contributed by atoms with E-state index in [-0.39, 0.29) is 36.7 Å². The maximum absolute atomic E-state index is 14.0. The van der Waals surface area contributed by atoms with E-state index in [1.54, 1.807) is 32.2 Å². The van der Waals surface area contributed by atoms with Gasteiger partial charge in [-0.05, 0) is 100 Å². The summed E-state index contributed by atoms with van der Waals surface area (Å²) in [5, 5.41) is 57.0. The molecule has 14 nitrogen and oxygen atoms in total. The summed E-state index contributed by atoms with van der Waals surface area (Å²) in [6.45, 7) is 6.68. The van der Waals surface area contributed by atoms with E-state index in [0.717, 1.165) is 35.3 Å². The molecule has 0 aliphatic heterocycles. The molecule has 3 aromatic rings. The second-order valence-corrected chi connectivity index (χ2v) is 16.6. The summed E-state index contributed by atoms with van der Waals surface area (Å²) in [6.07, 6.45) is 1.53. The minimum Gasteiger partial charge on any atom is -0.490 e. The molecule has 4 rings (SSSR count). The smallest absolute Gasteiger partial charge is 0.315 e. The molecule has 1 heterocycles. The average molecular weight is 792 g/mol. The van der Waals surface area contributed by atoms with Crippen LogP contribution in [0.15, 0.2) is 65.8 Å². The fourth-order valence-electron chi connectivity index (χ4n) is 5.96. The van der Waals surface area contributed by atoms with Gasteiger partial charge in [0, 0.05) is 54.2 Å². The van der Waals surface area contributed by atoms with Gasteiger partial charge in [-0.25, -0.2) is 13.2 Å². The van der Waals surface area contributed by atoms with Crippen molar-refractivity contribution in [3.05, 3.63) is 77.1 Å². The predicted molar refractivity (Wildman–Crippen MR) is 205 cm³/mol. The first-order chi connectivity index (χ1) is 25.6. The molecule has 0 saturated heterocycles. The minimum absolute atomic E-state index is 0.100. The molecule has 1 fully saturated rings. The van der Waals surface area contributed by atoms with Gasteiger partial charge in [-0.15, -0.1) is 0 Å². The number of hydrogen-bond donors (Lipinski definition) is 8. The highest BCUT2D eigenvalue weighted by atomic mass is 35.5. The highest BCUT2D eigenvalue weighted by molar-refractivity contribution is 7.89. The van der Waals surface area contributed by atoms with E-state index >= 15 is 0 Å². The first-order valence-electron chi connectivity index (χ1n) is 18.2. The van der Waals surface area contributed by atoms with E-state index in [1.165, 1.54) is 10.4 Å². The number of hydrogen-bond acceptors (Lipinski definition) is 11. The number of rotatable bonds is 21. The van der Waals surface area contributed by atoms with Gasteiger partial charge < -0.3 is 46.2 Å². The number of nitrogens with one attached hydrogen (secondary N) is 3. The zero-order valence-corrected chi connectivity index (χ0v) is 32.7. The van der Waals surface area contributed by atoms with Crippen molar-refractivity contribution in [2.24, 2.45) is 0 Å². The molecule has 0 unspecified atom stereocenters. The van der Waals surface area contributed by atoms with Gasteiger partial charge in [-0.3, -0.25) is 4.98 Å². The lowest BCUT2D eigenvalue weighted by Gasteiger charge is -2.30. The van der Waals surface area contributed by atoms with Crippen LogP contribution in [0.25, 0.3) is 11.1 Å². The number of aliphatic hydroxyl groups is 5. The van der Waals surface area contributed by atoms with Crippen molar-refractivity contribution in [1.29, 1.82) is 0 Å². The molecular formula is C38H54ClN5O9S. The van der Waals surface area contributed by atoms with Crippen LogP contribution in [0.2, 0.25) is 5.02 Å². The van der Waals surface area contributed by atoms with Crippen molar-refractivity contribution in [1.82, 2.24) is 25.2 Å². The van der Waals surface area contributed by atoms with E-state index < -0.39 is 59.2 Å². The Morgan fingerprint density at radius 2 is 1.74 bits per heavy atom. The number of sulfonamides is 1.